The Balaban J connectivity index is 1.67. The predicted octanol–water partition coefficient (Wildman–Crippen LogP) is 2.13. The quantitative estimate of drug-likeness (QED) is 0.916. The maximum absolute atomic E-state index is 9.00. The fourth-order valence-corrected chi connectivity index (χ4v) is 2.77. The molecule has 1 fully saturated rings. The van der Waals surface area contributed by atoms with Crippen LogP contribution in [0.15, 0.2) is 24.8 Å². The van der Waals surface area contributed by atoms with Crippen LogP contribution in [0.2, 0.25) is 0 Å². The molecule has 0 bridgehead atoms. The second kappa shape index (κ2) is 5.57. The highest BCUT2D eigenvalue weighted by molar-refractivity contribution is 5.03. The number of aliphatic hydroxyl groups excluding tert-OH is 1. The van der Waals surface area contributed by atoms with Gasteiger partial charge in [0.15, 0.2) is 0 Å². The Morgan fingerprint density at radius 2 is 2.05 bits per heavy atom. The highest BCUT2D eigenvalue weighted by Crippen LogP contribution is 2.27. The van der Waals surface area contributed by atoms with E-state index in [2.05, 4.69) is 27.0 Å². The standard InChI is InChI=1S/C14H20N4O/c19-10-13-9-17(11-15-13)8-12-6-7-18(16-12)14-4-2-1-3-5-14/h6-7,9,11,14,19H,1-5,8,10H2. The molecular formula is C14H20N4O. The van der Waals surface area contributed by atoms with Crippen LogP contribution >= 0.6 is 0 Å². The lowest BCUT2D eigenvalue weighted by molar-refractivity contribution is 0.277. The van der Waals surface area contributed by atoms with Crippen molar-refractivity contribution in [1.29, 1.82) is 0 Å². The van der Waals surface area contributed by atoms with Gasteiger partial charge in [-0.15, -0.1) is 0 Å². The summed E-state index contributed by atoms with van der Waals surface area (Å²) in [4.78, 5) is 4.11. The molecule has 0 radical (unpaired) electrons. The van der Waals surface area contributed by atoms with Gasteiger partial charge in [0.1, 0.15) is 0 Å². The third kappa shape index (κ3) is 2.87. The van der Waals surface area contributed by atoms with E-state index in [0.717, 1.165) is 5.69 Å². The molecule has 5 nitrogen and oxygen atoms in total. The van der Waals surface area contributed by atoms with Crippen LogP contribution in [-0.2, 0) is 13.2 Å². The third-order valence-corrected chi connectivity index (χ3v) is 3.81. The normalized spacial score (nSPS) is 16.9. The van der Waals surface area contributed by atoms with Crippen molar-refractivity contribution < 1.29 is 5.11 Å². The molecule has 102 valence electrons. The van der Waals surface area contributed by atoms with Crippen molar-refractivity contribution in [2.45, 2.75) is 51.3 Å². The highest BCUT2D eigenvalue weighted by atomic mass is 16.3. The van der Waals surface area contributed by atoms with Crippen LogP contribution in [0.1, 0.15) is 49.5 Å². The number of imidazole rings is 1. The smallest absolute Gasteiger partial charge is 0.0954 e. The van der Waals surface area contributed by atoms with E-state index in [9.17, 15) is 0 Å². The first-order valence-corrected chi connectivity index (χ1v) is 7.00. The zero-order chi connectivity index (χ0) is 13.1. The zero-order valence-electron chi connectivity index (χ0n) is 11.1. The van der Waals surface area contributed by atoms with Crippen molar-refractivity contribution in [2.75, 3.05) is 0 Å². The van der Waals surface area contributed by atoms with Crippen molar-refractivity contribution in [1.82, 2.24) is 19.3 Å². The van der Waals surface area contributed by atoms with E-state index in [1.807, 2.05) is 10.8 Å². The molecular weight excluding hydrogens is 240 g/mol. The van der Waals surface area contributed by atoms with Gasteiger partial charge < -0.3 is 9.67 Å². The molecule has 2 aromatic rings. The van der Waals surface area contributed by atoms with Crippen LogP contribution in [0.5, 0.6) is 0 Å². The van der Waals surface area contributed by atoms with Crippen molar-refractivity contribution in [3.63, 3.8) is 0 Å². The molecule has 0 atom stereocenters. The lowest BCUT2D eigenvalue weighted by Gasteiger charge is -2.21. The monoisotopic (exact) mass is 260 g/mol. The number of aliphatic hydroxyl groups is 1. The van der Waals surface area contributed by atoms with E-state index in [-0.39, 0.29) is 6.61 Å². The van der Waals surface area contributed by atoms with Crippen molar-refractivity contribution >= 4 is 0 Å². The van der Waals surface area contributed by atoms with E-state index in [1.165, 1.54) is 32.1 Å². The molecule has 1 saturated carbocycles. The summed E-state index contributed by atoms with van der Waals surface area (Å²) in [5.74, 6) is 0. The van der Waals surface area contributed by atoms with Gasteiger partial charge in [-0.05, 0) is 18.9 Å². The average molecular weight is 260 g/mol. The summed E-state index contributed by atoms with van der Waals surface area (Å²) < 4.78 is 4.08. The average Bonchev–Trinajstić information content (AvgIpc) is 3.09. The SMILES string of the molecule is OCc1cn(Cc2ccn(C3CCCCC3)n2)cn1. The summed E-state index contributed by atoms with van der Waals surface area (Å²) in [6, 6.07) is 2.66. The lowest BCUT2D eigenvalue weighted by atomic mass is 9.96. The number of aromatic nitrogens is 4. The van der Waals surface area contributed by atoms with Gasteiger partial charge in [-0.1, -0.05) is 19.3 Å². The predicted molar refractivity (Wildman–Crippen MR) is 71.6 cm³/mol. The molecule has 0 aliphatic heterocycles. The molecule has 3 rings (SSSR count). The summed E-state index contributed by atoms with van der Waals surface area (Å²) in [5.41, 5.74) is 1.75. The van der Waals surface area contributed by atoms with Gasteiger partial charge in [0.2, 0.25) is 0 Å². The van der Waals surface area contributed by atoms with E-state index in [1.54, 1.807) is 6.33 Å². The van der Waals surface area contributed by atoms with Gasteiger partial charge in [0.05, 0.1) is 36.9 Å². The molecule has 0 aromatic carbocycles. The molecule has 0 unspecified atom stereocenters. The fraction of sp³-hybridized carbons (Fsp3) is 0.571. The first-order valence-electron chi connectivity index (χ1n) is 7.00. The number of hydrogen-bond donors (Lipinski definition) is 1. The molecule has 0 amide bonds. The van der Waals surface area contributed by atoms with Crippen LogP contribution in [-0.4, -0.2) is 24.4 Å². The molecule has 1 N–H and O–H groups in total. The number of nitrogens with zero attached hydrogens (tertiary/aromatic N) is 4. The van der Waals surface area contributed by atoms with Crippen LogP contribution in [0, 0.1) is 0 Å². The largest absolute Gasteiger partial charge is 0.390 e. The maximum Gasteiger partial charge on any atom is 0.0954 e. The van der Waals surface area contributed by atoms with Gasteiger partial charge in [0, 0.05) is 12.4 Å². The lowest BCUT2D eigenvalue weighted by Crippen LogP contribution is -2.13. The van der Waals surface area contributed by atoms with Crippen molar-refractivity contribution in [3.8, 4) is 0 Å². The summed E-state index contributed by atoms with van der Waals surface area (Å²) in [6.07, 6.45) is 12.2. The molecule has 1 aliphatic rings. The van der Waals surface area contributed by atoms with E-state index < -0.39 is 0 Å². The Labute approximate surface area is 112 Å². The van der Waals surface area contributed by atoms with Crippen LogP contribution in [0.25, 0.3) is 0 Å². The Morgan fingerprint density at radius 3 is 2.79 bits per heavy atom. The number of hydrogen-bond acceptors (Lipinski definition) is 3. The minimum Gasteiger partial charge on any atom is -0.390 e. The second-order valence-corrected chi connectivity index (χ2v) is 5.27. The fourth-order valence-electron chi connectivity index (χ4n) is 2.77. The van der Waals surface area contributed by atoms with Crippen molar-refractivity contribution in [3.05, 3.63) is 36.2 Å². The van der Waals surface area contributed by atoms with E-state index in [4.69, 9.17) is 5.11 Å². The molecule has 5 heteroatoms. The Morgan fingerprint density at radius 1 is 1.21 bits per heavy atom. The Kier molecular flexibility index (Phi) is 3.64. The summed E-state index contributed by atoms with van der Waals surface area (Å²) in [7, 11) is 0. The third-order valence-electron chi connectivity index (χ3n) is 3.81. The van der Waals surface area contributed by atoms with Crippen molar-refractivity contribution in [2.24, 2.45) is 0 Å². The molecule has 2 aromatic heterocycles. The van der Waals surface area contributed by atoms with Gasteiger partial charge >= 0.3 is 0 Å². The molecule has 2 heterocycles. The second-order valence-electron chi connectivity index (χ2n) is 5.27. The minimum absolute atomic E-state index is 0.0104. The van der Waals surface area contributed by atoms with Gasteiger partial charge in [-0.25, -0.2) is 4.98 Å². The van der Waals surface area contributed by atoms with Crippen LogP contribution in [0.3, 0.4) is 0 Å². The topological polar surface area (TPSA) is 55.9 Å². The molecule has 0 spiro atoms. The molecule has 0 saturated heterocycles. The molecule has 1 aliphatic carbocycles. The Hall–Kier alpha value is -1.62. The first kappa shape index (κ1) is 12.4. The van der Waals surface area contributed by atoms with E-state index in [0.29, 0.717) is 18.3 Å². The van der Waals surface area contributed by atoms with Gasteiger partial charge in [0.25, 0.3) is 0 Å². The Bertz CT molecular complexity index is 525. The number of rotatable bonds is 4. The van der Waals surface area contributed by atoms with Crippen LogP contribution < -0.4 is 0 Å². The molecule has 19 heavy (non-hydrogen) atoms. The van der Waals surface area contributed by atoms with Gasteiger partial charge in [-0.2, -0.15) is 5.10 Å². The maximum atomic E-state index is 9.00. The van der Waals surface area contributed by atoms with E-state index >= 15 is 0 Å². The van der Waals surface area contributed by atoms with Crippen LogP contribution in [0.4, 0.5) is 0 Å². The minimum atomic E-state index is -0.0104. The summed E-state index contributed by atoms with van der Waals surface area (Å²) >= 11 is 0. The summed E-state index contributed by atoms with van der Waals surface area (Å²) in [6.45, 7) is 0.705. The summed E-state index contributed by atoms with van der Waals surface area (Å²) in [5, 5.41) is 13.7. The first-order chi connectivity index (χ1) is 9.35. The highest BCUT2D eigenvalue weighted by Gasteiger charge is 2.15. The zero-order valence-corrected chi connectivity index (χ0v) is 11.1. The van der Waals surface area contributed by atoms with Gasteiger partial charge in [-0.3, -0.25) is 4.68 Å².